The van der Waals surface area contributed by atoms with Gasteiger partial charge in [0.2, 0.25) is 0 Å². The highest BCUT2D eigenvalue weighted by Gasteiger charge is 2.18. The predicted octanol–water partition coefficient (Wildman–Crippen LogP) is 5.16. The van der Waals surface area contributed by atoms with E-state index in [-0.39, 0.29) is 5.54 Å². The van der Waals surface area contributed by atoms with E-state index >= 15 is 0 Å². The van der Waals surface area contributed by atoms with E-state index in [2.05, 4.69) is 81.5 Å². The maximum absolute atomic E-state index is 3.61. The summed E-state index contributed by atoms with van der Waals surface area (Å²) in [6, 6.07) is 8.58. The van der Waals surface area contributed by atoms with Crippen LogP contribution in [0, 0.1) is 0 Å². The quantitative estimate of drug-likeness (QED) is 0.826. The lowest BCUT2D eigenvalue weighted by atomic mass is 9.99. The van der Waals surface area contributed by atoms with Crippen molar-refractivity contribution in [1.82, 2.24) is 4.90 Å². The average molecular weight is 286 g/mol. The molecule has 1 aliphatic carbocycles. The topological polar surface area (TPSA) is 15.3 Å². The Balaban J connectivity index is 0.00000106. The molecule has 2 nitrogen and oxygen atoms in total. The van der Waals surface area contributed by atoms with Crippen LogP contribution in [-0.2, 0) is 0 Å². The van der Waals surface area contributed by atoms with Gasteiger partial charge in [0.05, 0.1) is 0 Å². The summed E-state index contributed by atoms with van der Waals surface area (Å²) >= 11 is 0. The van der Waals surface area contributed by atoms with Gasteiger partial charge in [-0.1, -0.05) is 38.1 Å². The second-order valence-corrected chi connectivity index (χ2v) is 6.29. The number of allylic oxidation sites excluding steroid dienone is 3. The highest BCUT2D eigenvalue weighted by atomic mass is 15.1. The number of rotatable bonds is 3. The van der Waals surface area contributed by atoms with E-state index in [9.17, 15) is 0 Å². The molecule has 21 heavy (non-hydrogen) atoms. The minimum Gasteiger partial charge on any atom is -0.380 e. The Hall–Kier alpha value is -1.70. The molecular weight excluding hydrogens is 256 g/mol. The number of hydrogen-bond acceptors (Lipinski definition) is 2. The molecule has 1 aliphatic rings. The molecule has 0 aromatic heterocycles. The number of benzene rings is 1. The van der Waals surface area contributed by atoms with Crippen LogP contribution < -0.4 is 5.32 Å². The SMILES string of the molecule is CC.CN(C)C1=C(c2ccccc2NC(C)(C)C)CC=C1. The Morgan fingerprint density at radius 3 is 2.24 bits per heavy atom. The van der Waals surface area contributed by atoms with Crippen LogP contribution in [0.15, 0.2) is 42.1 Å². The van der Waals surface area contributed by atoms with Crippen molar-refractivity contribution in [3.8, 4) is 0 Å². The molecule has 1 N–H and O–H groups in total. The third-order valence-corrected chi connectivity index (χ3v) is 3.15. The third-order valence-electron chi connectivity index (χ3n) is 3.15. The fourth-order valence-corrected chi connectivity index (χ4v) is 2.42. The van der Waals surface area contributed by atoms with E-state index in [0.29, 0.717) is 0 Å². The van der Waals surface area contributed by atoms with E-state index in [4.69, 9.17) is 0 Å². The highest BCUT2D eigenvalue weighted by molar-refractivity contribution is 5.82. The molecule has 0 saturated carbocycles. The normalized spacial score (nSPS) is 13.9. The number of likely N-dealkylation sites (N-methyl/N-ethyl adjacent to an activating group) is 1. The van der Waals surface area contributed by atoms with Crippen molar-refractivity contribution in [2.75, 3.05) is 19.4 Å². The third kappa shape index (κ3) is 4.66. The van der Waals surface area contributed by atoms with Gasteiger partial charge in [0.1, 0.15) is 0 Å². The first-order chi connectivity index (χ1) is 9.88. The Kier molecular flexibility index (Phi) is 6.07. The van der Waals surface area contributed by atoms with E-state index in [1.54, 1.807) is 0 Å². The fraction of sp³-hybridized carbons (Fsp3) is 0.474. The van der Waals surface area contributed by atoms with Gasteiger partial charge in [-0.05, 0) is 44.9 Å². The van der Waals surface area contributed by atoms with Gasteiger partial charge in [-0.2, -0.15) is 0 Å². The first-order valence-corrected chi connectivity index (χ1v) is 7.83. The average Bonchev–Trinajstić information content (AvgIpc) is 2.89. The highest BCUT2D eigenvalue weighted by Crippen LogP contribution is 2.35. The molecule has 2 heteroatoms. The monoisotopic (exact) mass is 286 g/mol. The van der Waals surface area contributed by atoms with Crippen LogP contribution in [0.3, 0.4) is 0 Å². The molecule has 0 saturated heterocycles. The molecule has 0 amide bonds. The lowest BCUT2D eigenvalue weighted by molar-refractivity contribution is 0.533. The fourth-order valence-electron chi connectivity index (χ4n) is 2.42. The molecular formula is C19H30N2. The number of anilines is 1. The summed E-state index contributed by atoms with van der Waals surface area (Å²) in [5.41, 5.74) is 5.31. The number of para-hydroxylation sites is 1. The molecule has 0 unspecified atom stereocenters. The largest absolute Gasteiger partial charge is 0.380 e. The maximum Gasteiger partial charge on any atom is 0.0421 e. The first kappa shape index (κ1) is 17.4. The lowest BCUT2D eigenvalue weighted by Crippen LogP contribution is -2.26. The molecule has 0 heterocycles. The van der Waals surface area contributed by atoms with E-state index in [0.717, 1.165) is 6.42 Å². The van der Waals surface area contributed by atoms with Crippen LogP contribution in [0.5, 0.6) is 0 Å². The van der Waals surface area contributed by atoms with Gasteiger partial charge >= 0.3 is 0 Å². The number of nitrogens with zero attached hydrogens (tertiary/aromatic N) is 1. The summed E-state index contributed by atoms with van der Waals surface area (Å²) in [5.74, 6) is 0. The van der Waals surface area contributed by atoms with E-state index in [1.807, 2.05) is 13.8 Å². The van der Waals surface area contributed by atoms with Crippen LogP contribution in [0.1, 0.15) is 46.6 Å². The molecule has 0 bridgehead atoms. The van der Waals surface area contributed by atoms with E-state index in [1.165, 1.54) is 22.5 Å². The summed E-state index contributed by atoms with van der Waals surface area (Å²) in [7, 11) is 4.20. The van der Waals surface area contributed by atoms with Gasteiger partial charge in [-0.15, -0.1) is 0 Å². The predicted molar refractivity (Wildman–Crippen MR) is 95.5 cm³/mol. The van der Waals surface area contributed by atoms with Gasteiger partial charge in [-0.3, -0.25) is 0 Å². The van der Waals surface area contributed by atoms with Gasteiger partial charge in [0, 0.05) is 36.6 Å². The Morgan fingerprint density at radius 1 is 1.05 bits per heavy atom. The zero-order valence-corrected chi connectivity index (χ0v) is 14.6. The minimum atomic E-state index is 0.0704. The van der Waals surface area contributed by atoms with Gasteiger partial charge in [0.25, 0.3) is 0 Å². The van der Waals surface area contributed by atoms with Gasteiger partial charge in [-0.25, -0.2) is 0 Å². The summed E-state index contributed by atoms with van der Waals surface area (Å²) in [6.07, 6.45) is 5.46. The zero-order valence-electron chi connectivity index (χ0n) is 14.6. The number of hydrogen-bond donors (Lipinski definition) is 1. The Morgan fingerprint density at radius 2 is 1.67 bits per heavy atom. The van der Waals surface area contributed by atoms with Crippen LogP contribution >= 0.6 is 0 Å². The lowest BCUT2D eigenvalue weighted by Gasteiger charge is -2.25. The molecule has 2 rings (SSSR count). The standard InChI is InChI=1S/C17H24N2.C2H6/c1-17(2,3)18-15-11-7-6-9-13(15)14-10-8-12-16(14)19(4)5;1-2/h6-9,11-12,18H,10H2,1-5H3;1-2H3. The van der Waals surface area contributed by atoms with Crippen molar-refractivity contribution in [3.63, 3.8) is 0 Å². The van der Waals surface area contributed by atoms with Gasteiger partial charge < -0.3 is 10.2 Å². The molecule has 0 spiro atoms. The molecule has 0 aliphatic heterocycles. The van der Waals surface area contributed by atoms with E-state index < -0.39 is 0 Å². The second kappa shape index (κ2) is 7.35. The Bertz CT molecular complexity index is 517. The molecule has 1 aromatic carbocycles. The summed E-state index contributed by atoms with van der Waals surface area (Å²) in [4.78, 5) is 2.19. The van der Waals surface area contributed by atoms with Crippen molar-refractivity contribution in [2.24, 2.45) is 0 Å². The molecule has 0 atom stereocenters. The Labute approximate surface area is 130 Å². The van der Waals surface area contributed by atoms with Crippen LogP contribution in [-0.4, -0.2) is 24.5 Å². The molecule has 1 aromatic rings. The maximum atomic E-state index is 3.61. The smallest absolute Gasteiger partial charge is 0.0421 e. The molecule has 116 valence electrons. The van der Waals surface area contributed by atoms with Crippen molar-refractivity contribution in [3.05, 3.63) is 47.7 Å². The summed E-state index contributed by atoms with van der Waals surface area (Å²) in [5, 5.41) is 3.61. The first-order valence-electron chi connectivity index (χ1n) is 7.83. The number of nitrogens with one attached hydrogen (secondary N) is 1. The van der Waals surface area contributed by atoms with Crippen molar-refractivity contribution >= 4 is 11.3 Å². The van der Waals surface area contributed by atoms with Crippen LogP contribution in [0.25, 0.3) is 5.57 Å². The van der Waals surface area contributed by atoms with Gasteiger partial charge in [0.15, 0.2) is 0 Å². The minimum absolute atomic E-state index is 0.0704. The van der Waals surface area contributed by atoms with Crippen molar-refractivity contribution < 1.29 is 0 Å². The van der Waals surface area contributed by atoms with Crippen LogP contribution in [0.4, 0.5) is 5.69 Å². The van der Waals surface area contributed by atoms with Crippen LogP contribution in [0.2, 0.25) is 0 Å². The second-order valence-electron chi connectivity index (χ2n) is 6.29. The summed E-state index contributed by atoms with van der Waals surface area (Å²) in [6.45, 7) is 10.6. The molecule has 0 fully saturated rings. The van der Waals surface area contributed by atoms with Crippen molar-refractivity contribution in [2.45, 2.75) is 46.6 Å². The molecule has 0 radical (unpaired) electrons. The van der Waals surface area contributed by atoms with Crippen molar-refractivity contribution in [1.29, 1.82) is 0 Å². The summed E-state index contributed by atoms with van der Waals surface area (Å²) < 4.78 is 0. The zero-order chi connectivity index (χ0) is 16.0.